The zero-order valence-corrected chi connectivity index (χ0v) is 15.4. The number of nitrogens with zero attached hydrogens (tertiary/aromatic N) is 2. The van der Waals surface area contributed by atoms with Crippen molar-refractivity contribution in [1.82, 2.24) is 15.1 Å². The van der Waals surface area contributed by atoms with Crippen LogP contribution in [0.5, 0.6) is 0 Å². The molecule has 1 N–H and O–H groups in total. The number of morpholine rings is 1. The van der Waals surface area contributed by atoms with Crippen molar-refractivity contribution in [2.75, 3.05) is 19.6 Å². The summed E-state index contributed by atoms with van der Waals surface area (Å²) in [6, 6.07) is 8.63. The van der Waals surface area contributed by atoms with Crippen LogP contribution >= 0.6 is 0 Å². The summed E-state index contributed by atoms with van der Waals surface area (Å²) < 4.78 is 5.63. The first-order valence-electron chi connectivity index (χ1n) is 9.00. The minimum absolute atomic E-state index is 0.0649. The van der Waals surface area contributed by atoms with E-state index < -0.39 is 11.6 Å². The molecule has 2 fully saturated rings. The van der Waals surface area contributed by atoms with E-state index in [0.29, 0.717) is 19.5 Å². The fourth-order valence-electron chi connectivity index (χ4n) is 3.75. The summed E-state index contributed by atoms with van der Waals surface area (Å²) in [5.41, 5.74) is -0.381. The monoisotopic (exact) mass is 359 g/mol. The van der Waals surface area contributed by atoms with Crippen molar-refractivity contribution in [2.24, 2.45) is 0 Å². The highest BCUT2D eigenvalue weighted by Crippen LogP contribution is 2.32. The van der Waals surface area contributed by atoms with E-state index in [9.17, 15) is 14.4 Å². The molecule has 26 heavy (non-hydrogen) atoms. The number of urea groups is 1. The minimum atomic E-state index is -1.11. The van der Waals surface area contributed by atoms with Gasteiger partial charge in [0.05, 0.1) is 12.2 Å². The van der Waals surface area contributed by atoms with Crippen LogP contribution in [0.15, 0.2) is 30.3 Å². The van der Waals surface area contributed by atoms with Crippen molar-refractivity contribution in [3.63, 3.8) is 0 Å². The van der Waals surface area contributed by atoms with Gasteiger partial charge in [-0.15, -0.1) is 0 Å². The van der Waals surface area contributed by atoms with Crippen LogP contribution in [0.4, 0.5) is 4.79 Å². The maximum absolute atomic E-state index is 13.1. The van der Waals surface area contributed by atoms with Crippen LogP contribution in [0.3, 0.4) is 0 Å². The van der Waals surface area contributed by atoms with E-state index in [1.807, 2.05) is 51.1 Å². The van der Waals surface area contributed by atoms with Crippen molar-refractivity contribution in [3.05, 3.63) is 35.9 Å². The molecule has 1 aromatic rings. The fraction of sp³-hybridized carbons (Fsp3) is 0.526. The normalized spacial score (nSPS) is 29.0. The largest absolute Gasteiger partial charge is 0.372 e. The molecule has 0 bridgehead atoms. The van der Waals surface area contributed by atoms with Crippen molar-refractivity contribution < 1.29 is 19.1 Å². The number of carbonyl (C=O) groups is 3. The summed E-state index contributed by atoms with van der Waals surface area (Å²) in [5.74, 6) is -0.616. The topological polar surface area (TPSA) is 79.0 Å². The molecule has 4 amide bonds. The van der Waals surface area contributed by atoms with Crippen LogP contribution in [0.25, 0.3) is 0 Å². The van der Waals surface area contributed by atoms with E-state index in [1.165, 1.54) is 0 Å². The average Bonchev–Trinajstić information content (AvgIpc) is 2.86. The van der Waals surface area contributed by atoms with Gasteiger partial charge in [0.1, 0.15) is 12.1 Å². The summed E-state index contributed by atoms with van der Waals surface area (Å²) in [6.07, 6.45) is 0.285. The lowest BCUT2D eigenvalue weighted by atomic mass is 9.87. The summed E-state index contributed by atoms with van der Waals surface area (Å²) in [7, 11) is 0. The Morgan fingerprint density at radius 3 is 2.38 bits per heavy atom. The van der Waals surface area contributed by atoms with Gasteiger partial charge in [0.15, 0.2) is 0 Å². The summed E-state index contributed by atoms with van der Waals surface area (Å²) in [6.45, 7) is 6.33. The number of amides is 4. The van der Waals surface area contributed by atoms with E-state index in [2.05, 4.69) is 5.32 Å². The van der Waals surface area contributed by atoms with Gasteiger partial charge in [-0.1, -0.05) is 37.3 Å². The standard InChI is InChI=1S/C19H25N3O4/c1-4-19(15-8-6-5-7-9-15)17(24)22(18(25)20-19)12-16(23)21-10-13(2)26-14(3)11-21/h5-9,13-14H,4,10-12H2,1-3H3,(H,20,25)/t13-,14+,19-/m0/s1. The van der Waals surface area contributed by atoms with E-state index in [0.717, 1.165) is 10.5 Å². The molecule has 0 aliphatic carbocycles. The molecule has 2 aliphatic heterocycles. The van der Waals surface area contributed by atoms with Crippen LogP contribution in [-0.4, -0.2) is 59.5 Å². The Balaban J connectivity index is 1.78. The van der Waals surface area contributed by atoms with E-state index in [-0.39, 0.29) is 30.6 Å². The molecule has 3 atom stereocenters. The smallest absolute Gasteiger partial charge is 0.325 e. The first-order chi connectivity index (χ1) is 12.4. The molecular formula is C19H25N3O4. The molecule has 3 rings (SSSR count). The van der Waals surface area contributed by atoms with Gasteiger partial charge in [0.2, 0.25) is 5.91 Å². The van der Waals surface area contributed by atoms with Gasteiger partial charge in [0.25, 0.3) is 5.91 Å². The van der Waals surface area contributed by atoms with Gasteiger partial charge < -0.3 is 15.0 Å². The number of benzene rings is 1. The zero-order chi connectivity index (χ0) is 18.9. The summed E-state index contributed by atoms with van der Waals surface area (Å²) in [4.78, 5) is 40.9. The van der Waals surface area contributed by atoms with Gasteiger partial charge in [-0.05, 0) is 25.8 Å². The lowest BCUT2D eigenvalue weighted by Gasteiger charge is -2.35. The third-order valence-corrected chi connectivity index (χ3v) is 5.04. The van der Waals surface area contributed by atoms with Crippen LogP contribution in [-0.2, 0) is 19.9 Å². The quantitative estimate of drug-likeness (QED) is 0.826. The van der Waals surface area contributed by atoms with Crippen LogP contribution in [0.1, 0.15) is 32.8 Å². The molecule has 2 aliphatic rings. The third-order valence-electron chi connectivity index (χ3n) is 5.04. The maximum atomic E-state index is 13.1. The highest BCUT2D eigenvalue weighted by molar-refractivity contribution is 6.09. The Kier molecular flexibility index (Phi) is 5.00. The van der Waals surface area contributed by atoms with E-state index in [4.69, 9.17) is 4.74 Å². The number of hydrogen-bond acceptors (Lipinski definition) is 4. The van der Waals surface area contributed by atoms with Gasteiger partial charge >= 0.3 is 6.03 Å². The first-order valence-corrected chi connectivity index (χ1v) is 9.00. The number of nitrogens with one attached hydrogen (secondary N) is 1. The predicted octanol–water partition coefficient (Wildman–Crippen LogP) is 1.48. The van der Waals surface area contributed by atoms with Crippen LogP contribution in [0, 0.1) is 0 Å². The van der Waals surface area contributed by atoms with Crippen molar-refractivity contribution in [1.29, 1.82) is 0 Å². The van der Waals surface area contributed by atoms with Crippen molar-refractivity contribution in [2.45, 2.75) is 44.9 Å². The first kappa shape index (κ1) is 18.4. The molecule has 2 saturated heterocycles. The molecule has 0 unspecified atom stereocenters. The molecule has 0 radical (unpaired) electrons. The molecule has 0 spiro atoms. The lowest BCUT2D eigenvalue weighted by molar-refractivity contribution is -0.147. The minimum Gasteiger partial charge on any atom is -0.372 e. The lowest BCUT2D eigenvalue weighted by Crippen LogP contribution is -2.52. The van der Waals surface area contributed by atoms with Crippen molar-refractivity contribution in [3.8, 4) is 0 Å². The average molecular weight is 359 g/mol. The maximum Gasteiger partial charge on any atom is 0.325 e. The summed E-state index contributed by atoms with van der Waals surface area (Å²) in [5, 5.41) is 2.80. The Morgan fingerprint density at radius 2 is 1.81 bits per heavy atom. The van der Waals surface area contributed by atoms with E-state index >= 15 is 0 Å². The highest BCUT2D eigenvalue weighted by atomic mass is 16.5. The Bertz CT molecular complexity index is 698. The molecule has 7 nitrogen and oxygen atoms in total. The highest BCUT2D eigenvalue weighted by Gasteiger charge is 2.51. The zero-order valence-electron chi connectivity index (χ0n) is 15.4. The van der Waals surface area contributed by atoms with Crippen molar-refractivity contribution >= 4 is 17.8 Å². The Morgan fingerprint density at radius 1 is 1.19 bits per heavy atom. The fourth-order valence-corrected chi connectivity index (χ4v) is 3.75. The van der Waals surface area contributed by atoms with Crippen LogP contribution < -0.4 is 5.32 Å². The SMILES string of the molecule is CC[C@@]1(c2ccccc2)NC(=O)N(CC(=O)N2C[C@@H](C)O[C@@H](C)C2)C1=O. The van der Waals surface area contributed by atoms with E-state index in [1.54, 1.807) is 4.90 Å². The second kappa shape index (κ2) is 7.07. The number of imide groups is 1. The summed E-state index contributed by atoms with van der Waals surface area (Å²) >= 11 is 0. The molecule has 2 heterocycles. The van der Waals surface area contributed by atoms with Gasteiger partial charge in [0, 0.05) is 13.1 Å². The Labute approximate surface area is 153 Å². The second-order valence-electron chi connectivity index (χ2n) is 7.00. The number of ether oxygens (including phenoxy) is 1. The molecular weight excluding hydrogens is 334 g/mol. The molecule has 7 heteroatoms. The molecule has 1 aromatic carbocycles. The molecule has 0 saturated carbocycles. The van der Waals surface area contributed by atoms with Gasteiger partial charge in [-0.2, -0.15) is 0 Å². The molecule has 140 valence electrons. The number of carbonyl (C=O) groups excluding carboxylic acids is 3. The third kappa shape index (κ3) is 3.19. The van der Waals surface area contributed by atoms with Gasteiger partial charge in [-0.3, -0.25) is 14.5 Å². The Hall–Kier alpha value is -2.41. The predicted molar refractivity (Wildman–Crippen MR) is 95.2 cm³/mol. The number of hydrogen-bond donors (Lipinski definition) is 1. The second-order valence-corrected chi connectivity index (χ2v) is 7.00. The number of rotatable bonds is 4. The van der Waals surface area contributed by atoms with Gasteiger partial charge in [-0.25, -0.2) is 4.79 Å². The molecule has 0 aromatic heterocycles. The van der Waals surface area contributed by atoms with Crippen LogP contribution in [0.2, 0.25) is 0 Å².